The van der Waals surface area contributed by atoms with E-state index in [4.69, 9.17) is 4.74 Å². The Balaban J connectivity index is 1.55. The van der Waals surface area contributed by atoms with Crippen LogP contribution in [0.15, 0.2) is 48.8 Å². The number of rotatable bonds is 8. The van der Waals surface area contributed by atoms with Crippen molar-refractivity contribution in [2.75, 3.05) is 59.4 Å². The third-order valence-electron chi connectivity index (χ3n) is 5.70. The smallest absolute Gasteiger partial charge is 0.378 e. The second-order valence-electron chi connectivity index (χ2n) is 8.30. The van der Waals surface area contributed by atoms with E-state index in [1.54, 1.807) is 24.3 Å². The van der Waals surface area contributed by atoms with Crippen LogP contribution < -0.4 is 19.8 Å². The van der Waals surface area contributed by atoms with Gasteiger partial charge in [0.1, 0.15) is 17.2 Å². The first-order valence-corrected chi connectivity index (χ1v) is 13.1. The lowest BCUT2D eigenvalue weighted by Gasteiger charge is -2.28. The Morgan fingerprint density at radius 2 is 1.81 bits per heavy atom. The Labute approximate surface area is 212 Å². The van der Waals surface area contributed by atoms with Crippen LogP contribution in [-0.4, -0.2) is 63.0 Å². The molecule has 1 fully saturated rings. The van der Waals surface area contributed by atoms with E-state index >= 15 is 0 Å². The molecule has 0 spiro atoms. The van der Waals surface area contributed by atoms with Crippen molar-refractivity contribution in [2.45, 2.75) is 12.7 Å². The average molecular weight is 538 g/mol. The molecule has 3 heterocycles. The Morgan fingerprint density at radius 1 is 1.11 bits per heavy atom. The van der Waals surface area contributed by atoms with E-state index in [-0.39, 0.29) is 18.3 Å². The number of halogens is 3. The number of hydrogen-bond acceptors (Lipinski definition) is 9. The van der Waals surface area contributed by atoms with E-state index in [1.807, 2.05) is 12.1 Å². The summed E-state index contributed by atoms with van der Waals surface area (Å²) in [5, 5.41) is 5.60. The molecule has 0 bridgehead atoms. The summed E-state index contributed by atoms with van der Waals surface area (Å²) >= 11 is 0. The van der Waals surface area contributed by atoms with E-state index in [9.17, 15) is 21.6 Å². The Kier molecular flexibility index (Phi) is 7.68. The average Bonchev–Trinajstić information content (AvgIpc) is 2.87. The van der Waals surface area contributed by atoms with Crippen molar-refractivity contribution in [3.05, 3.63) is 59.9 Å². The van der Waals surface area contributed by atoms with Crippen LogP contribution in [0.4, 0.5) is 42.1 Å². The van der Waals surface area contributed by atoms with E-state index in [2.05, 4.69) is 30.5 Å². The highest BCUT2D eigenvalue weighted by molar-refractivity contribution is 7.92. The summed E-state index contributed by atoms with van der Waals surface area (Å²) in [6.07, 6.45) is -1.59. The first-order chi connectivity index (χ1) is 17.5. The molecule has 0 atom stereocenters. The van der Waals surface area contributed by atoms with Crippen molar-refractivity contribution in [3.63, 3.8) is 0 Å². The van der Waals surface area contributed by atoms with Crippen LogP contribution in [0.3, 0.4) is 0 Å². The first kappa shape index (κ1) is 26.4. The Hall–Kier alpha value is -3.65. The number of alkyl halides is 3. The summed E-state index contributed by atoms with van der Waals surface area (Å²) in [6.45, 7) is 2.71. The number of benzene rings is 1. The predicted molar refractivity (Wildman–Crippen MR) is 135 cm³/mol. The highest BCUT2D eigenvalue weighted by Crippen LogP contribution is 2.34. The fraction of sp³-hybridized carbons (Fsp3) is 0.348. The number of nitrogens with one attached hydrogen (secondary N) is 2. The standard InChI is InChI=1S/C23H26F3N7O3S/c1-32(37(2,34)35)21-16(4-3-9-27-21)14-28-20-19(23(24,25)26)15-29-22(31-20)30-17-5-7-18(8-6-17)33-10-12-36-13-11-33/h3-9,15H,10-14H2,1-2H3,(H2,28,29,30,31). The summed E-state index contributed by atoms with van der Waals surface area (Å²) in [6, 6.07) is 10.5. The van der Waals surface area contributed by atoms with Crippen molar-refractivity contribution in [3.8, 4) is 0 Å². The second-order valence-corrected chi connectivity index (χ2v) is 10.3. The van der Waals surface area contributed by atoms with Gasteiger partial charge in [-0.05, 0) is 30.3 Å². The van der Waals surface area contributed by atoms with E-state index in [1.165, 1.54) is 13.2 Å². The van der Waals surface area contributed by atoms with Crippen molar-refractivity contribution in [2.24, 2.45) is 0 Å². The van der Waals surface area contributed by atoms with Gasteiger partial charge >= 0.3 is 6.18 Å². The molecule has 0 aliphatic carbocycles. The van der Waals surface area contributed by atoms with Crippen LogP contribution in [-0.2, 0) is 27.5 Å². The molecule has 3 aromatic rings. The number of hydrogen-bond donors (Lipinski definition) is 2. The monoisotopic (exact) mass is 537 g/mol. The Bertz CT molecular complexity index is 1330. The molecule has 0 saturated carbocycles. The fourth-order valence-electron chi connectivity index (χ4n) is 3.68. The van der Waals surface area contributed by atoms with E-state index in [0.717, 1.165) is 29.3 Å². The summed E-state index contributed by atoms with van der Waals surface area (Å²) in [5.41, 5.74) is 0.931. The molecule has 1 aliphatic heterocycles. The molecule has 1 saturated heterocycles. The zero-order valence-corrected chi connectivity index (χ0v) is 21.0. The fourth-order valence-corrected chi connectivity index (χ4v) is 4.16. The lowest BCUT2D eigenvalue weighted by atomic mass is 10.2. The molecule has 1 aliphatic rings. The maximum Gasteiger partial charge on any atom is 0.421 e. The minimum atomic E-state index is -4.71. The molecule has 14 heteroatoms. The molecule has 1 aromatic carbocycles. The number of nitrogens with zero attached hydrogens (tertiary/aromatic N) is 5. The highest BCUT2D eigenvalue weighted by Gasteiger charge is 2.35. The van der Waals surface area contributed by atoms with Crippen LogP contribution >= 0.6 is 0 Å². The quantitative estimate of drug-likeness (QED) is 0.446. The SMILES string of the molecule is CN(c1ncccc1CNc1nc(Nc2ccc(N3CCOCC3)cc2)ncc1C(F)(F)F)S(C)(=O)=O. The molecule has 0 unspecified atom stereocenters. The number of aromatic nitrogens is 3. The summed E-state index contributed by atoms with van der Waals surface area (Å²) in [7, 11) is -2.31. The number of anilines is 5. The van der Waals surface area contributed by atoms with Crippen molar-refractivity contribution in [1.82, 2.24) is 15.0 Å². The third-order valence-corrected chi connectivity index (χ3v) is 6.87. The number of ether oxygens (including phenoxy) is 1. The van der Waals surface area contributed by atoms with Gasteiger partial charge in [0.05, 0.1) is 19.5 Å². The molecule has 4 rings (SSSR count). The van der Waals surface area contributed by atoms with Gasteiger partial charge in [-0.3, -0.25) is 4.31 Å². The largest absolute Gasteiger partial charge is 0.421 e. The highest BCUT2D eigenvalue weighted by atomic mass is 32.2. The van der Waals surface area contributed by atoms with Crippen LogP contribution in [0, 0.1) is 0 Å². The number of sulfonamides is 1. The molecule has 2 N–H and O–H groups in total. The lowest BCUT2D eigenvalue weighted by molar-refractivity contribution is -0.137. The Morgan fingerprint density at radius 3 is 2.46 bits per heavy atom. The number of morpholine rings is 1. The minimum absolute atomic E-state index is 0.0331. The molecule has 0 radical (unpaired) electrons. The zero-order chi connectivity index (χ0) is 26.6. The van der Waals surface area contributed by atoms with Crippen LogP contribution in [0.2, 0.25) is 0 Å². The van der Waals surface area contributed by atoms with Crippen molar-refractivity contribution >= 4 is 39.0 Å². The van der Waals surface area contributed by atoms with Gasteiger partial charge in [-0.25, -0.2) is 18.4 Å². The zero-order valence-electron chi connectivity index (χ0n) is 20.2. The van der Waals surface area contributed by atoms with Gasteiger partial charge in [0.15, 0.2) is 0 Å². The topological polar surface area (TPSA) is 113 Å². The molecular formula is C23H26F3N7O3S. The maximum absolute atomic E-state index is 13.7. The summed E-state index contributed by atoms with van der Waals surface area (Å²) in [5.74, 6) is -0.389. The van der Waals surface area contributed by atoms with E-state index < -0.39 is 27.6 Å². The third kappa shape index (κ3) is 6.57. The molecular weight excluding hydrogens is 511 g/mol. The maximum atomic E-state index is 13.7. The van der Waals surface area contributed by atoms with Gasteiger partial charge in [-0.15, -0.1) is 0 Å². The molecule has 10 nitrogen and oxygen atoms in total. The van der Waals surface area contributed by atoms with Crippen LogP contribution in [0.1, 0.15) is 11.1 Å². The van der Waals surface area contributed by atoms with Crippen LogP contribution in [0.5, 0.6) is 0 Å². The lowest BCUT2D eigenvalue weighted by Crippen LogP contribution is -2.36. The van der Waals surface area contributed by atoms with Gasteiger partial charge in [0, 0.05) is 56.0 Å². The van der Waals surface area contributed by atoms with Crippen molar-refractivity contribution in [1.29, 1.82) is 0 Å². The van der Waals surface area contributed by atoms with Gasteiger partial charge in [0.2, 0.25) is 16.0 Å². The van der Waals surface area contributed by atoms with Crippen molar-refractivity contribution < 1.29 is 26.3 Å². The number of pyridine rings is 1. The molecule has 37 heavy (non-hydrogen) atoms. The molecule has 0 amide bonds. The van der Waals surface area contributed by atoms with Gasteiger partial charge < -0.3 is 20.3 Å². The van der Waals surface area contributed by atoms with Gasteiger partial charge in [-0.2, -0.15) is 18.2 Å². The van der Waals surface area contributed by atoms with E-state index in [0.29, 0.717) is 30.7 Å². The molecule has 198 valence electrons. The summed E-state index contributed by atoms with van der Waals surface area (Å²) < 4.78 is 71.2. The first-order valence-electron chi connectivity index (χ1n) is 11.3. The van der Waals surface area contributed by atoms with Crippen LogP contribution in [0.25, 0.3) is 0 Å². The van der Waals surface area contributed by atoms with Gasteiger partial charge in [-0.1, -0.05) is 6.07 Å². The predicted octanol–water partition coefficient (Wildman–Crippen LogP) is 3.48. The second kappa shape index (κ2) is 10.8. The molecule has 2 aromatic heterocycles. The minimum Gasteiger partial charge on any atom is -0.378 e. The van der Waals surface area contributed by atoms with Gasteiger partial charge in [0.25, 0.3) is 0 Å². The summed E-state index contributed by atoms with van der Waals surface area (Å²) in [4.78, 5) is 14.1. The normalized spacial score (nSPS) is 14.4.